The normalized spacial score (nSPS) is 10.9. The van der Waals surface area contributed by atoms with Crippen LogP contribution < -0.4 is 10.6 Å². The van der Waals surface area contributed by atoms with Crippen LogP contribution in [-0.2, 0) is 17.8 Å². The average molecular weight is 475 g/mol. The number of amides is 2. The minimum Gasteiger partial charge on any atom is -0.352 e. The van der Waals surface area contributed by atoms with Crippen LogP contribution in [-0.4, -0.2) is 27.9 Å². The minimum absolute atomic E-state index is 0.108. The maximum absolute atomic E-state index is 12.8. The lowest BCUT2D eigenvalue weighted by atomic mass is 10.1. The predicted octanol–water partition coefficient (Wildman–Crippen LogP) is 5.31. The highest BCUT2D eigenvalue weighted by Gasteiger charge is 2.14. The van der Waals surface area contributed by atoms with E-state index in [0.29, 0.717) is 30.0 Å². The Morgan fingerprint density at radius 1 is 0.971 bits per heavy atom. The van der Waals surface area contributed by atoms with Gasteiger partial charge in [0, 0.05) is 29.2 Å². The second kappa shape index (κ2) is 10.5. The number of aromatic nitrogens is 2. The Morgan fingerprint density at radius 3 is 2.50 bits per heavy atom. The van der Waals surface area contributed by atoms with Crippen LogP contribution in [0.3, 0.4) is 0 Å². The maximum atomic E-state index is 12.8. The predicted molar refractivity (Wildman–Crippen MR) is 136 cm³/mol. The first-order valence-corrected chi connectivity index (χ1v) is 11.6. The number of hydrogen-bond acceptors (Lipinski definition) is 3. The summed E-state index contributed by atoms with van der Waals surface area (Å²) < 4.78 is 1.95. The highest BCUT2D eigenvalue weighted by molar-refractivity contribution is 6.30. The quantitative estimate of drug-likeness (QED) is 0.340. The van der Waals surface area contributed by atoms with Gasteiger partial charge >= 0.3 is 0 Å². The van der Waals surface area contributed by atoms with Crippen LogP contribution in [0.2, 0.25) is 5.02 Å². The summed E-state index contributed by atoms with van der Waals surface area (Å²) in [4.78, 5) is 29.9. The van der Waals surface area contributed by atoms with E-state index >= 15 is 0 Å². The number of carbonyl (C=O) groups is 2. The van der Waals surface area contributed by atoms with Gasteiger partial charge in [0.1, 0.15) is 12.4 Å². The number of rotatable bonds is 8. The van der Waals surface area contributed by atoms with E-state index in [2.05, 4.69) is 10.6 Å². The third-order valence-electron chi connectivity index (χ3n) is 5.80. The molecule has 4 rings (SSSR count). The Bertz CT molecular complexity index is 1330. The standard InChI is InChI=1S/C27H27ClN4O2/c1-18-9-14-22(16-19(18)2)30-26(33)17-32-24-7-4-3-6-23(24)31-25(32)8-5-15-29-27(34)20-10-12-21(28)13-11-20/h3-4,6-7,9-14,16H,5,8,15,17H2,1-2H3,(H,29,34)(H,30,33). The molecule has 1 aromatic heterocycles. The van der Waals surface area contributed by atoms with Gasteiger partial charge in [-0.05, 0) is 79.9 Å². The van der Waals surface area contributed by atoms with Gasteiger partial charge in [-0.1, -0.05) is 29.8 Å². The van der Waals surface area contributed by atoms with Gasteiger partial charge in [0.2, 0.25) is 5.91 Å². The van der Waals surface area contributed by atoms with Crippen molar-refractivity contribution in [2.75, 3.05) is 11.9 Å². The molecule has 0 aliphatic carbocycles. The number of benzene rings is 3. The molecule has 0 radical (unpaired) electrons. The van der Waals surface area contributed by atoms with Crippen molar-refractivity contribution in [1.82, 2.24) is 14.9 Å². The van der Waals surface area contributed by atoms with Crippen molar-refractivity contribution in [2.45, 2.75) is 33.2 Å². The number of halogens is 1. The molecule has 6 nitrogen and oxygen atoms in total. The third-order valence-corrected chi connectivity index (χ3v) is 6.05. The number of carbonyl (C=O) groups excluding carboxylic acids is 2. The molecule has 4 aromatic rings. The summed E-state index contributed by atoms with van der Waals surface area (Å²) in [7, 11) is 0. The number of anilines is 1. The smallest absolute Gasteiger partial charge is 0.251 e. The second-order valence-electron chi connectivity index (χ2n) is 8.32. The van der Waals surface area contributed by atoms with E-state index in [1.807, 2.05) is 60.9 Å². The summed E-state index contributed by atoms with van der Waals surface area (Å²) in [5.41, 5.74) is 5.43. The molecule has 0 unspecified atom stereocenters. The Morgan fingerprint density at radius 2 is 1.74 bits per heavy atom. The second-order valence-corrected chi connectivity index (χ2v) is 8.75. The SMILES string of the molecule is Cc1ccc(NC(=O)Cn2c(CCCNC(=O)c3ccc(Cl)cc3)nc3ccccc32)cc1C. The van der Waals surface area contributed by atoms with Crippen molar-refractivity contribution in [3.8, 4) is 0 Å². The van der Waals surface area contributed by atoms with Crippen LogP contribution in [0.1, 0.15) is 33.7 Å². The first kappa shape index (κ1) is 23.5. The number of nitrogens with zero attached hydrogens (tertiary/aromatic N) is 2. The number of hydrogen-bond donors (Lipinski definition) is 2. The molecule has 0 atom stereocenters. The van der Waals surface area contributed by atoms with Crippen LogP contribution >= 0.6 is 11.6 Å². The van der Waals surface area contributed by atoms with E-state index in [-0.39, 0.29) is 18.4 Å². The van der Waals surface area contributed by atoms with Gasteiger partial charge < -0.3 is 15.2 Å². The van der Waals surface area contributed by atoms with Crippen LogP contribution in [0.25, 0.3) is 11.0 Å². The van der Waals surface area contributed by atoms with Gasteiger partial charge in [-0.15, -0.1) is 0 Å². The lowest BCUT2D eigenvalue weighted by molar-refractivity contribution is -0.116. The Hall–Kier alpha value is -3.64. The fraction of sp³-hybridized carbons (Fsp3) is 0.222. The van der Waals surface area contributed by atoms with E-state index in [4.69, 9.17) is 16.6 Å². The van der Waals surface area contributed by atoms with E-state index in [1.165, 1.54) is 5.56 Å². The van der Waals surface area contributed by atoms with Gasteiger partial charge in [-0.25, -0.2) is 4.98 Å². The molecule has 0 aliphatic heterocycles. The molecule has 0 saturated heterocycles. The Kier molecular flexibility index (Phi) is 7.28. The molecule has 0 aliphatic rings. The van der Waals surface area contributed by atoms with Gasteiger partial charge in [-0.2, -0.15) is 0 Å². The number of imidazole rings is 1. The first-order valence-electron chi connectivity index (χ1n) is 11.3. The largest absolute Gasteiger partial charge is 0.352 e. The monoisotopic (exact) mass is 474 g/mol. The fourth-order valence-electron chi connectivity index (χ4n) is 3.81. The topological polar surface area (TPSA) is 76.0 Å². The zero-order chi connectivity index (χ0) is 24.1. The molecule has 34 heavy (non-hydrogen) atoms. The number of aryl methyl sites for hydroxylation is 3. The van der Waals surface area contributed by atoms with Gasteiger partial charge in [0.15, 0.2) is 0 Å². The third kappa shape index (κ3) is 5.64. The van der Waals surface area contributed by atoms with Crippen LogP contribution in [0, 0.1) is 13.8 Å². The lowest BCUT2D eigenvalue weighted by Crippen LogP contribution is -2.25. The van der Waals surface area contributed by atoms with E-state index < -0.39 is 0 Å². The molecule has 174 valence electrons. The van der Waals surface area contributed by atoms with Crippen molar-refractivity contribution < 1.29 is 9.59 Å². The highest BCUT2D eigenvalue weighted by Crippen LogP contribution is 2.19. The molecular weight excluding hydrogens is 448 g/mol. The average Bonchev–Trinajstić information content (AvgIpc) is 3.16. The summed E-state index contributed by atoms with van der Waals surface area (Å²) in [6.45, 7) is 4.74. The molecule has 0 spiro atoms. The van der Waals surface area contributed by atoms with Crippen LogP contribution in [0.15, 0.2) is 66.7 Å². The molecule has 3 aromatic carbocycles. The van der Waals surface area contributed by atoms with Crippen molar-refractivity contribution >= 4 is 40.1 Å². The maximum Gasteiger partial charge on any atom is 0.251 e. The summed E-state index contributed by atoms with van der Waals surface area (Å²) in [6, 6.07) is 20.5. The Balaban J connectivity index is 1.41. The van der Waals surface area contributed by atoms with Crippen molar-refractivity contribution in [2.24, 2.45) is 0 Å². The number of para-hydroxylation sites is 2. The summed E-state index contributed by atoms with van der Waals surface area (Å²) in [5, 5.41) is 6.51. The zero-order valence-electron chi connectivity index (χ0n) is 19.3. The van der Waals surface area contributed by atoms with Crippen LogP contribution in [0.5, 0.6) is 0 Å². The molecule has 0 saturated carbocycles. The first-order chi connectivity index (χ1) is 16.4. The van der Waals surface area contributed by atoms with Crippen molar-refractivity contribution in [3.63, 3.8) is 0 Å². The summed E-state index contributed by atoms with van der Waals surface area (Å²) in [5.74, 6) is 0.568. The van der Waals surface area contributed by atoms with Gasteiger partial charge in [-0.3, -0.25) is 9.59 Å². The van der Waals surface area contributed by atoms with Crippen molar-refractivity contribution in [1.29, 1.82) is 0 Å². The summed E-state index contributed by atoms with van der Waals surface area (Å²) >= 11 is 5.88. The fourth-order valence-corrected chi connectivity index (χ4v) is 3.93. The molecule has 0 fully saturated rings. The molecular formula is C27H27ClN4O2. The molecule has 2 N–H and O–H groups in total. The molecule has 2 amide bonds. The lowest BCUT2D eigenvalue weighted by Gasteiger charge is -2.11. The summed E-state index contributed by atoms with van der Waals surface area (Å²) in [6.07, 6.45) is 1.33. The van der Waals surface area contributed by atoms with Crippen molar-refractivity contribution in [3.05, 3.63) is 94.3 Å². The number of fused-ring (bicyclic) bond motifs is 1. The molecule has 7 heteroatoms. The highest BCUT2D eigenvalue weighted by atomic mass is 35.5. The molecule has 1 heterocycles. The van der Waals surface area contributed by atoms with E-state index in [1.54, 1.807) is 24.3 Å². The zero-order valence-corrected chi connectivity index (χ0v) is 20.0. The van der Waals surface area contributed by atoms with E-state index in [9.17, 15) is 9.59 Å². The number of nitrogens with one attached hydrogen (secondary N) is 2. The van der Waals surface area contributed by atoms with Gasteiger partial charge in [0.05, 0.1) is 11.0 Å². The Labute approximate surface area is 204 Å². The van der Waals surface area contributed by atoms with Gasteiger partial charge in [0.25, 0.3) is 5.91 Å². The van der Waals surface area contributed by atoms with Crippen LogP contribution in [0.4, 0.5) is 5.69 Å². The minimum atomic E-state index is -0.141. The molecule has 0 bridgehead atoms. The van der Waals surface area contributed by atoms with E-state index in [0.717, 1.165) is 28.1 Å².